The number of imidazole rings is 1. The van der Waals surface area contributed by atoms with Crippen LogP contribution < -0.4 is 21.3 Å². The number of pyridine rings is 1. The molecule has 3 heterocycles. The Bertz CT molecular complexity index is 1370. The van der Waals surface area contributed by atoms with Crippen LogP contribution in [0.25, 0.3) is 5.65 Å². The van der Waals surface area contributed by atoms with Gasteiger partial charge in [0.05, 0.1) is 11.9 Å². The minimum atomic E-state index is -0.565. The molecule has 2 amide bonds. The van der Waals surface area contributed by atoms with Crippen molar-refractivity contribution in [3.8, 4) is 12.3 Å². The number of halogens is 1. The van der Waals surface area contributed by atoms with Crippen molar-refractivity contribution in [3.05, 3.63) is 41.4 Å². The minimum absolute atomic E-state index is 0.0266. The molecule has 11 nitrogen and oxygen atoms in total. The summed E-state index contributed by atoms with van der Waals surface area (Å²) in [5.74, 6) is 2.65. The summed E-state index contributed by atoms with van der Waals surface area (Å²) in [5.41, 5.74) is 2.21. The van der Waals surface area contributed by atoms with Crippen molar-refractivity contribution < 1.29 is 14.3 Å². The van der Waals surface area contributed by atoms with Gasteiger partial charge in [-0.2, -0.15) is 0 Å². The molecule has 3 aromatic heterocycles. The van der Waals surface area contributed by atoms with Gasteiger partial charge in [-0.15, -0.1) is 11.5 Å². The highest BCUT2D eigenvalue weighted by molar-refractivity contribution is 6.29. The summed E-state index contributed by atoms with van der Waals surface area (Å²) in [6.45, 7) is 1.65. The molecule has 198 valence electrons. The zero-order chi connectivity index (χ0) is 26.6. The van der Waals surface area contributed by atoms with Crippen LogP contribution in [-0.2, 0) is 4.74 Å². The van der Waals surface area contributed by atoms with E-state index >= 15 is 0 Å². The number of nitrogens with one attached hydrogen (secondary N) is 4. The van der Waals surface area contributed by atoms with E-state index in [4.69, 9.17) is 27.9 Å². The lowest BCUT2D eigenvalue weighted by Crippen LogP contribution is -2.41. The molecule has 2 fully saturated rings. The van der Waals surface area contributed by atoms with Crippen molar-refractivity contribution in [2.45, 2.75) is 69.7 Å². The molecule has 0 spiro atoms. The maximum Gasteiger partial charge on any atom is 0.408 e. The fourth-order valence-corrected chi connectivity index (χ4v) is 4.58. The largest absolute Gasteiger partial charge is 0.433 e. The smallest absolute Gasteiger partial charge is 0.408 e. The molecule has 3 aromatic rings. The molecule has 38 heavy (non-hydrogen) atoms. The highest BCUT2D eigenvalue weighted by atomic mass is 35.5. The van der Waals surface area contributed by atoms with Crippen molar-refractivity contribution in [1.29, 1.82) is 0 Å². The van der Waals surface area contributed by atoms with Gasteiger partial charge in [0.15, 0.2) is 17.4 Å². The van der Waals surface area contributed by atoms with Gasteiger partial charge >= 0.3 is 6.09 Å². The number of alkyl carbamates (subject to hydrolysis) is 1. The van der Waals surface area contributed by atoms with Crippen LogP contribution in [-0.4, -0.2) is 55.8 Å². The van der Waals surface area contributed by atoms with E-state index in [0.29, 0.717) is 28.9 Å². The van der Waals surface area contributed by atoms with Crippen LogP contribution in [0.2, 0.25) is 5.15 Å². The van der Waals surface area contributed by atoms with Crippen LogP contribution in [0.4, 0.5) is 22.0 Å². The molecule has 5 rings (SSSR count). The molecular formula is C26H29ClN8O3. The first kappa shape index (κ1) is 25.6. The number of carbonyl (C=O) groups excluding carboxylic acids is 2. The van der Waals surface area contributed by atoms with E-state index in [9.17, 15) is 9.59 Å². The monoisotopic (exact) mass is 536 g/mol. The number of terminal acetylenes is 1. The molecule has 0 radical (unpaired) electrons. The van der Waals surface area contributed by atoms with Gasteiger partial charge in [-0.3, -0.25) is 4.79 Å². The number of amides is 2. The molecule has 1 unspecified atom stereocenters. The van der Waals surface area contributed by atoms with Crippen molar-refractivity contribution in [1.82, 2.24) is 24.9 Å². The first-order valence-corrected chi connectivity index (χ1v) is 13.0. The van der Waals surface area contributed by atoms with Gasteiger partial charge in [-0.05, 0) is 57.6 Å². The second kappa shape index (κ2) is 11.1. The van der Waals surface area contributed by atoms with Gasteiger partial charge in [0.25, 0.3) is 5.91 Å². The number of nitrogens with zero attached hydrogens (tertiary/aromatic N) is 4. The summed E-state index contributed by atoms with van der Waals surface area (Å²) in [6.07, 6.45) is 12.7. The van der Waals surface area contributed by atoms with Gasteiger partial charge < -0.3 is 26.0 Å². The number of carbonyl (C=O) groups is 2. The van der Waals surface area contributed by atoms with Gasteiger partial charge in [0.1, 0.15) is 11.0 Å². The second-order valence-corrected chi connectivity index (χ2v) is 10.0. The Morgan fingerprint density at radius 2 is 1.82 bits per heavy atom. The average molecular weight is 537 g/mol. The number of hydrogen-bond acceptors (Lipinski definition) is 8. The van der Waals surface area contributed by atoms with Crippen LogP contribution in [0.5, 0.6) is 0 Å². The van der Waals surface area contributed by atoms with Crippen LogP contribution >= 0.6 is 11.6 Å². The summed E-state index contributed by atoms with van der Waals surface area (Å²) in [6, 6.07) is 5.75. The van der Waals surface area contributed by atoms with Gasteiger partial charge in [-0.1, -0.05) is 17.5 Å². The summed E-state index contributed by atoms with van der Waals surface area (Å²) in [7, 11) is 0. The minimum Gasteiger partial charge on any atom is -0.433 e. The zero-order valence-electron chi connectivity index (χ0n) is 20.9. The molecule has 0 aliphatic heterocycles. The Morgan fingerprint density at radius 1 is 1.11 bits per heavy atom. The lowest BCUT2D eigenvalue weighted by molar-refractivity contribution is 0.102. The Balaban J connectivity index is 1.29. The van der Waals surface area contributed by atoms with Crippen LogP contribution in [0.15, 0.2) is 30.6 Å². The third-order valence-corrected chi connectivity index (χ3v) is 6.75. The standard InChI is InChI=1S/C26H29ClN8O3/c1-3-15(2)38-26(37)33-18-8-6-17(7-9-18)31-23-13-20(30-16-4-5-16)24-29-14-21(35(24)34-23)25(36)32-19-10-11-28-22(27)12-19/h1,10-18,30H,4-9H2,2H3,(H,31,34)(H,33,37)(H,28,32,36). The Labute approximate surface area is 225 Å². The first-order chi connectivity index (χ1) is 18.4. The Morgan fingerprint density at radius 3 is 2.53 bits per heavy atom. The summed E-state index contributed by atoms with van der Waals surface area (Å²) in [5, 5.41) is 17.7. The highest BCUT2D eigenvalue weighted by Crippen LogP contribution is 2.30. The highest BCUT2D eigenvalue weighted by Gasteiger charge is 2.26. The lowest BCUT2D eigenvalue weighted by Gasteiger charge is -2.30. The maximum atomic E-state index is 13.1. The van der Waals surface area contributed by atoms with Crippen molar-refractivity contribution >= 4 is 46.4 Å². The van der Waals surface area contributed by atoms with Gasteiger partial charge in [0, 0.05) is 36.1 Å². The molecule has 0 bridgehead atoms. The van der Waals surface area contributed by atoms with Gasteiger partial charge in [0.2, 0.25) is 0 Å². The molecule has 0 aromatic carbocycles. The molecule has 2 saturated carbocycles. The third kappa shape index (κ3) is 6.26. The Hall–Kier alpha value is -4.04. The third-order valence-electron chi connectivity index (χ3n) is 6.54. The van der Waals surface area contributed by atoms with Crippen LogP contribution in [0.1, 0.15) is 55.9 Å². The van der Waals surface area contributed by atoms with E-state index in [0.717, 1.165) is 44.2 Å². The predicted molar refractivity (Wildman–Crippen MR) is 144 cm³/mol. The normalized spacial score (nSPS) is 19.7. The van der Waals surface area contributed by atoms with E-state index in [2.05, 4.69) is 37.2 Å². The SMILES string of the molecule is C#CC(C)OC(=O)NC1CCC(Nc2cc(NC3CC3)c3ncc(C(=O)Nc4ccnc(Cl)c4)n3n2)CC1. The van der Waals surface area contributed by atoms with E-state index in [-0.39, 0.29) is 23.1 Å². The molecule has 0 saturated heterocycles. The topological polar surface area (TPSA) is 135 Å². The van der Waals surface area contributed by atoms with Crippen LogP contribution in [0, 0.1) is 12.3 Å². The zero-order valence-corrected chi connectivity index (χ0v) is 21.7. The number of fused-ring (bicyclic) bond motifs is 1. The summed E-state index contributed by atoms with van der Waals surface area (Å²) < 4.78 is 6.67. The fraction of sp³-hybridized carbons (Fsp3) is 0.423. The van der Waals surface area contributed by atoms with Crippen molar-refractivity contribution in [2.75, 3.05) is 16.0 Å². The van der Waals surface area contributed by atoms with Crippen LogP contribution in [0.3, 0.4) is 0 Å². The Kier molecular flexibility index (Phi) is 7.51. The quantitative estimate of drug-likeness (QED) is 0.250. The number of ether oxygens (including phenoxy) is 1. The molecule has 2 aliphatic rings. The fourth-order valence-electron chi connectivity index (χ4n) is 4.41. The number of anilines is 3. The predicted octanol–water partition coefficient (Wildman–Crippen LogP) is 4.08. The van der Waals surface area contributed by atoms with E-state index < -0.39 is 12.2 Å². The number of aromatic nitrogens is 4. The number of rotatable bonds is 8. The van der Waals surface area contributed by atoms with E-state index in [1.54, 1.807) is 23.6 Å². The second-order valence-electron chi connectivity index (χ2n) is 9.61. The molecule has 1 atom stereocenters. The van der Waals surface area contributed by atoms with Gasteiger partial charge in [-0.25, -0.2) is 19.3 Å². The van der Waals surface area contributed by atoms with Crippen molar-refractivity contribution in [3.63, 3.8) is 0 Å². The van der Waals surface area contributed by atoms with E-state index in [1.165, 1.54) is 12.4 Å². The first-order valence-electron chi connectivity index (χ1n) is 12.7. The molecule has 4 N–H and O–H groups in total. The number of hydrogen-bond donors (Lipinski definition) is 4. The summed E-state index contributed by atoms with van der Waals surface area (Å²) in [4.78, 5) is 33.5. The maximum absolute atomic E-state index is 13.1. The lowest BCUT2D eigenvalue weighted by atomic mass is 9.91. The van der Waals surface area contributed by atoms with E-state index in [1.807, 2.05) is 6.07 Å². The van der Waals surface area contributed by atoms with Crippen molar-refractivity contribution in [2.24, 2.45) is 0 Å². The molecule has 2 aliphatic carbocycles. The average Bonchev–Trinajstić information content (AvgIpc) is 3.60. The summed E-state index contributed by atoms with van der Waals surface area (Å²) >= 11 is 5.95. The molecule has 12 heteroatoms. The molecular weight excluding hydrogens is 508 g/mol.